The second-order valence-electron chi connectivity index (χ2n) is 6.41. The summed E-state index contributed by atoms with van der Waals surface area (Å²) in [5.41, 5.74) is 2.50. The zero-order chi connectivity index (χ0) is 21.0. The van der Waals surface area contributed by atoms with Crippen LogP contribution < -0.4 is 10.6 Å². The maximum absolute atomic E-state index is 12.9. The number of benzene rings is 2. The van der Waals surface area contributed by atoms with Crippen molar-refractivity contribution in [2.75, 3.05) is 12.4 Å². The van der Waals surface area contributed by atoms with Gasteiger partial charge in [0.2, 0.25) is 5.82 Å². The van der Waals surface area contributed by atoms with Crippen LogP contribution in [-0.2, 0) is 4.79 Å². The molecule has 0 aliphatic heterocycles. The Labute approximate surface area is 173 Å². The number of anilines is 1. The van der Waals surface area contributed by atoms with Crippen molar-refractivity contribution in [3.63, 3.8) is 0 Å². The lowest BCUT2D eigenvalue weighted by Crippen LogP contribution is -2.28. The van der Waals surface area contributed by atoms with Crippen LogP contribution in [-0.4, -0.2) is 39.1 Å². The zero-order valence-electron chi connectivity index (χ0n) is 16.3. The molecule has 0 aliphatic rings. The lowest BCUT2D eigenvalue weighted by atomic mass is 10.1. The number of nitrogens with one attached hydrogen (secondary N) is 2. The highest BCUT2D eigenvalue weighted by Gasteiger charge is 2.23. The molecule has 8 nitrogen and oxygen atoms in total. The maximum Gasteiger partial charge on any atom is 0.251 e. The average Bonchev–Trinajstić information content (AvgIpc) is 3.20. The highest BCUT2D eigenvalue weighted by Crippen LogP contribution is 2.22. The molecule has 1 heterocycles. The molecule has 0 bridgehead atoms. The second kappa shape index (κ2) is 8.83. The molecule has 2 amide bonds. The van der Waals surface area contributed by atoms with E-state index in [1.807, 2.05) is 6.92 Å². The smallest absolute Gasteiger partial charge is 0.251 e. The molecule has 150 valence electrons. The fraction of sp³-hybridized carbons (Fsp3) is 0.250. The molecule has 0 aliphatic carbocycles. The van der Waals surface area contributed by atoms with Crippen molar-refractivity contribution in [1.82, 2.24) is 25.5 Å². The summed E-state index contributed by atoms with van der Waals surface area (Å²) in [5.74, 6) is -0.0911. The lowest BCUT2D eigenvalue weighted by molar-refractivity contribution is -0.120. The first-order valence-corrected chi connectivity index (χ1v) is 9.50. The summed E-state index contributed by atoms with van der Waals surface area (Å²) in [4.78, 5) is 26.2. The molecule has 2 N–H and O–H groups in total. The number of nitrogens with zero attached hydrogens (tertiary/aromatic N) is 4. The number of halogens is 1. The van der Waals surface area contributed by atoms with Gasteiger partial charge in [0.05, 0.1) is 0 Å². The largest absolute Gasteiger partial charge is 0.355 e. The van der Waals surface area contributed by atoms with Gasteiger partial charge in [-0.2, -0.15) is 4.80 Å². The molecule has 1 unspecified atom stereocenters. The van der Waals surface area contributed by atoms with Crippen LogP contribution in [0.15, 0.2) is 42.5 Å². The third-order valence-electron chi connectivity index (χ3n) is 4.56. The van der Waals surface area contributed by atoms with Gasteiger partial charge >= 0.3 is 0 Å². The first kappa shape index (κ1) is 20.5. The quantitative estimate of drug-likeness (QED) is 0.647. The van der Waals surface area contributed by atoms with Gasteiger partial charge in [-0.3, -0.25) is 9.59 Å². The van der Waals surface area contributed by atoms with Crippen LogP contribution in [0.4, 0.5) is 5.69 Å². The van der Waals surface area contributed by atoms with Crippen LogP contribution in [0.2, 0.25) is 5.02 Å². The molecule has 3 aromatic rings. The maximum atomic E-state index is 12.9. The SMILES string of the molecule is CCC(C(=O)Nc1cccc(C(=O)NC)c1C)n1nnc(-c2ccc(Cl)cc2)n1. The monoisotopic (exact) mass is 412 g/mol. The normalized spacial score (nSPS) is 11.7. The van der Waals surface area contributed by atoms with Crippen molar-refractivity contribution >= 4 is 29.1 Å². The van der Waals surface area contributed by atoms with Gasteiger partial charge in [-0.05, 0) is 60.5 Å². The van der Waals surface area contributed by atoms with Crippen LogP contribution in [0.1, 0.15) is 35.3 Å². The predicted octanol–water partition coefficient (Wildman–Crippen LogP) is 3.25. The first-order valence-electron chi connectivity index (χ1n) is 9.12. The minimum atomic E-state index is -0.647. The third kappa shape index (κ3) is 4.43. The molecule has 0 saturated carbocycles. The molecule has 3 rings (SSSR count). The van der Waals surface area contributed by atoms with E-state index in [0.29, 0.717) is 34.1 Å². The van der Waals surface area contributed by atoms with Gasteiger partial charge in [0.1, 0.15) is 0 Å². The van der Waals surface area contributed by atoms with Crippen LogP contribution in [0, 0.1) is 6.92 Å². The Balaban J connectivity index is 1.82. The molecule has 29 heavy (non-hydrogen) atoms. The van der Waals surface area contributed by atoms with E-state index in [2.05, 4.69) is 26.0 Å². The van der Waals surface area contributed by atoms with E-state index in [-0.39, 0.29) is 11.8 Å². The fourth-order valence-corrected chi connectivity index (χ4v) is 3.02. The van der Waals surface area contributed by atoms with Crippen molar-refractivity contribution in [3.8, 4) is 11.4 Å². The number of aromatic nitrogens is 4. The number of carbonyl (C=O) groups excluding carboxylic acids is 2. The molecule has 0 saturated heterocycles. The Morgan fingerprint density at radius 2 is 1.90 bits per heavy atom. The summed E-state index contributed by atoms with van der Waals surface area (Å²) in [6, 6.07) is 11.6. The van der Waals surface area contributed by atoms with Crippen molar-refractivity contribution in [1.29, 1.82) is 0 Å². The van der Waals surface area contributed by atoms with Crippen LogP contribution in [0.3, 0.4) is 0 Å². The molecule has 0 spiro atoms. The molecular formula is C20H21ClN6O2. The van der Waals surface area contributed by atoms with Gasteiger partial charge < -0.3 is 10.6 Å². The number of carbonyl (C=O) groups is 2. The van der Waals surface area contributed by atoms with Gasteiger partial charge in [0, 0.05) is 28.9 Å². The van der Waals surface area contributed by atoms with E-state index in [1.165, 1.54) is 4.80 Å². The highest BCUT2D eigenvalue weighted by atomic mass is 35.5. The van der Waals surface area contributed by atoms with Crippen molar-refractivity contribution in [2.45, 2.75) is 26.3 Å². The lowest BCUT2D eigenvalue weighted by Gasteiger charge is -2.16. The number of hydrogen-bond acceptors (Lipinski definition) is 5. The Bertz CT molecular complexity index is 1030. The standard InChI is InChI=1S/C20H21ClN6O2/c1-4-17(27-25-18(24-26-27)13-8-10-14(21)11-9-13)20(29)23-16-7-5-6-15(12(16)2)19(28)22-3/h5-11,17H,4H2,1-3H3,(H,22,28)(H,23,29). The van der Waals surface area contributed by atoms with Crippen LogP contribution >= 0.6 is 11.6 Å². The van der Waals surface area contributed by atoms with Gasteiger partial charge in [0.15, 0.2) is 6.04 Å². The van der Waals surface area contributed by atoms with Gasteiger partial charge in [-0.15, -0.1) is 10.2 Å². The van der Waals surface area contributed by atoms with Crippen LogP contribution in [0.5, 0.6) is 0 Å². The highest BCUT2D eigenvalue weighted by molar-refractivity contribution is 6.30. The van der Waals surface area contributed by atoms with E-state index in [1.54, 1.807) is 56.4 Å². The Morgan fingerprint density at radius 3 is 2.55 bits per heavy atom. The van der Waals surface area contributed by atoms with Gasteiger partial charge in [0.25, 0.3) is 11.8 Å². The Morgan fingerprint density at radius 1 is 1.17 bits per heavy atom. The van der Waals surface area contributed by atoms with Crippen molar-refractivity contribution in [2.24, 2.45) is 0 Å². The van der Waals surface area contributed by atoms with E-state index < -0.39 is 6.04 Å². The topological polar surface area (TPSA) is 102 Å². The second-order valence-corrected chi connectivity index (χ2v) is 6.85. The number of rotatable bonds is 6. The number of tetrazole rings is 1. The average molecular weight is 413 g/mol. The van der Waals surface area contributed by atoms with E-state index in [0.717, 1.165) is 5.56 Å². The molecular weight excluding hydrogens is 392 g/mol. The molecule has 1 atom stereocenters. The summed E-state index contributed by atoms with van der Waals surface area (Å²) in [6.07, 6.45) is 0.469. The molecule has 2 aromatic carbocycles. The third-order valence-corrected chi connectivity index (χ3v) is 4.81. The van der Waals surface area contributed by atoms with Gasteiger partial charge in [-0.1, -0.05) is 24.6 Å². The van der Waals surface area contributed by atoms with Gasteiger partial charge in [-0.25, -0.2) is 0 Å². The Hall–Kier alpha value is -3.26. The summed E-state index contributed by atoms with van der Waals surface area (Å²) < 4.78 is 0. The fourth-order valence-electron chi connectivity index (χ4n) is 2.89. The summed E-state index contributed by atoms with van der Waals surface area (Å²) in [7, 11) is 1.56. The van der Waals surface area contributed by atoms with E-state index in [9.17, 15) is 9.59 Å². The molecule has 1 aromatic heterocycles. The number of amides is 2. The molecule has 9 heteroatoms. The minimum Gasteiger partial charge on any atom is -0.355 e. The first-order chi connectivity index (χ1) is 13.9. The number of hydrogen-bond donors (Lipinski definition) is 2. The summed E-state index contributed by atoms with van der Waals surface area (Å²) in [5, 5.41) is 18.5. The van der Waals surface area contributed by atoms with E-state index >= 15 is 0 Å². The summed E-state index contributed by atoms with van der Waals surface area (Å²) in [6.45, 7) is 3.65. The van der Waals surface area contributed by atoms with Crippen LogP contribution in [0.25, 0.3) is 11.4 Å². The van der Waals surface area contributed by atoms with Crippen molar-refractivity contribution < 1.29 is 9.59 Å². The van der Waals surface area contributed by atoms with Crippen molar-refractivity contribution in [3.05, 3.63) is 58.6 Å². The minimum absolute atomic E-state index is 0.212. The predicted molar refractivity (Wildman–Crippen MR) is 111 cm³/mol. The molecule has 0 radical (unpaired) electrons. The zero-order valence-corrected chi connectivity index (χ0v) is 17.1. The molecule has 0 fully saturated rings. The Kier molecular flexibility index (Phi) is 6.23. The summed E-state index contributed by atoms with van der Waals surface area (Å²) >= 11 is 5.91. The van der Waals surface area contributed by atoms with E-state index in [4.69, 9.17) is 11.6 Å².